The van der Waals surface area contributed by atoms with Gasteiger partial charge in [-0.05, 0) is 37.3 Å². The molecule has 176 valence electrons. The van der Waals surface area contributed by atoms with Gasteiger partial charge in [-0.25, -0.2) is 9.79 Å². The third-order valence-corrected chi connectivity index (χ3v) is 7.30. The summed E-state index contributed by atoms with van der Waals surface area (Å²) in [5.41, 5.74) is 1.67. The number of rotatable bonds is 5. The summed E-state index contributed by atoms with van der Waals surface area (Å²) in [7, 11) is 1.35. The SMILES string of the molecule is CCC1=C(C(=O)OC)[C@H](c2ccccc2)n2c(s/c(=C\c3ccc(N4CCCCC4)o3)c2=O)=N1. The van der Waals surface area contributed by atoms with Gasteiger partial charge in [-0.2, -0.15) is 0 Å². The fraction of sp³-hybridized carbons (Fsp3) is 0.346. The molecule has 34 heavy (non-hydrogen) atoms. The van der Waals surface area contributed by atoms with Crippen molar-refractivity contribution >= 4 is 29.3 Å². The summed E-state index contributed by atoms with van der Waals surface area (Å²) in [6.45, 7) is 3.92. The molecule has 0 aliphatic carbocycles. The first-order valence-corrected chi connectivity index (χ1v) is 12.4. The molecule has 2 aliphatic heterocycles. The Bertz CT molecular complexity index is 1410. The van der Waals surface area contributed by atoms with Crippen LogP contribution in [-0.2, 0) is 9.53 Å². The van der Waals surface area contributed by atoms with Crippen molar-refractivity contribution in [2.75, 3.05) is 25.1 Å². The molecule has 0 radical (unpaired) electrons. The molecule has 1 aromatic carbocycles. The minimum absolute atomic E-state index is 0.204. The predicted molar refractivity (Wildman–Crippen MR) is 132 cm³/mol. The summed E-state index contributed by atoms with van der Waals surface area (Å²) in [6, 6.07) is 12.8. The van der Waals surface area contributed by atoms with Gasteiger partial charge in [-0.3, -0.25) is 9.36 Å². The Morgan fingerprint density at radius 1 is 1.18 bits per heavy atom. The van der Waals surface area contributed by atoms with Crippen LogP contribution in [0.3, 0.4) is 0 Å². The zero-order chi connectivity index (χ0) is 23.7. The van der Waals surface area contributed by atoms with Crippen LogP contribution in [0.15, 0.2) is 67.9 Å². The molecule has 3 aromatic rings. The second-order valence-electron chi connectivity index (χ2n) is 8.42. The quantitative estimate of drug-likeness (QED) is 0.527. The van der Waals surface area contributed by atoms with Crippen LogP contribution in [0.1, 0.15) is 50.0 Å². The number of carbonyl (C=O) groups excluding carboxylic acids is 1. The van der Waals surface area contributed by atoms with E-state index in [0.717, 1.165) is 37.4 Å². The number of fused-ring (bicyclic) bond motifs is 1. The van der Waals surface area contributed by atoms with Crippen LogP contribution in [0, 0.1) is 0 Å². The molecule has 5 rings (SSSR count). The van der Waals surface area contributed by atoms with Crippen molar-refractivity contribution in [1.29, 1.82) is 0 Å². The molecule has 0 saturated carbocycles. The van der Waals surface area contributed by atoms with E-state index < -0.39 is 12.0 Å². The third kappa shape index (κ3) is 4.03. The first-order chi connectivity index (χ1) is 16.6. The van der Waals surface area contributed by atoms with Crippen molar-refractivity contribution in [3.05, 3.63) is 84.7 Å². The number of methoxy groups -OCH3 is 1. The maximum Gasteiger partial charge on any atom is 0.338 e. The largest absolute Gasteiger partial charge is 0.466 e. The summed E-state index contributed by atoms with van der Waals surface area (Å²) >= 11 is 1.31. The highest BCUT2D eigenvalue weighted by Crippen LogP contribution is 2.31. The Morgan fingerprint density at radius 2 is 1.94 bits per heavy atom. The van der Waals surface area contributed by atoms with E-state index in [9.17, 15) is 9.59 Å². The van der Waals surface area contributed by atoms with E-state index in [0.29, 0.717) is 32.8 Å². The fourth-order valence-corrected chi connectivity index (χ4v) is 5.65. The minimum Gasteiger partial charge on any atom is -0.466 e. The van der Waals surface area contributed by atoms with Crippen molar-refractivity contribution in [1.82, 2.24) is 4.57 Å². The molecular formula is C26H27N3O4S. The molecule has 7 nitrogen and oxygen atoms in total. The van der Waals surface area contributed by atoms with Gasteiger partial charge in [0, 0.05) is 25.2 Å². The predicted octanol–water partition coefficient (Wildman–Crippen LogP) is 3.38. The molecule has 1 atom stereocenters. The monoisotopic (exact) mass is 477 g/mol. The van der Waals surface area contributed by atoms with E-state index in [1.54, 1.807) is 10.6 Å². The number of benzene rings is 1. The summed E-state index contributed by atoms with van der Waals surface area (Å²) in [5, 5.41) is 0. The van der Waals surface area contributed by atoms with Crippen molar-refractivity contribution in [2.24, 2.45) is 4.99 Å². The number of carbonyl (C=O) groups is 1. The molecule has 1 saturated heterocycles. The van der Waals surface area contributed by atoms with E-state index >= 15 is 0 Å². The molecule has 2 aromatic heterocycles. The number of piperidine rings is 1. The number of thiazole rings is 1. The third-order valence-electron chi connectivity index (χ3n) is 6.32. The second-order valence-corrected chi connectivity index (χ2v) is 9.43. The van der Waals surface area contributed by atoms with E-state index in [-0.39, 0.29) is 5.56 Å². The normalized spacial score (nSPS) is 18.6. The molecule has 2 aliphatic rings. The Morgan fingerprint density at radius 3 is 2.65 bits per heavy atom. The van der Waals surface area contributed by atoms with Crippen molar-refractivity contribution in [3.8, 4) is 0 Å². The molecule has 0 bridgehead atoms. The number of aromatic nitrogens is 1. The molecule has 0 amide bonds. The maximum absolute atomic E-state index is 13.6. The minimum atomic E-state index is -0.595. The average molecular weight is 478 g/mol. The fourth-order valence-electron chi connectivity index (χ4n) is 4.65. The van der Waals surface area contributed by atoms with Crippen molar-refractivity contribution < 1.29 is 13.9 Å². The lowest BCUT2D eigenvalue weighted by Gasteiger charge is -2.25. The Balaban J connectivity index is 1.63. The lowest BCUT2D eigenvalue weighted by molar-refractivity contribution is -0.136. The number of nitrogens with zero attached hydrogens (tertiary/aromatic N) is 3. The number of anilines is 1. The van der Waals surface area contributed by atoms with E-state index in [1.807, 2.05) is 49.4 Å². The van der Waals surface area contributed by atoms with Crippen molar-refractivity contribution in [3.63, 3.8) is 0 Å². The van der Waals surface area contributed by atoms with Crippen LogP contribution in [0.2, 0.25) is 0 Å². The Hall–Kier alpha value is -3.39. The summed E-state index contributed by atoms with van der Waals surface area (Å²) in [6.07, 6.45) is 5.90. The molecule has 1 fully saturated rings. The Kier molecular flexibility index (Phi) is 6.24. The number of hydrogen-bond acceptors (Lipinski definition) is 7. The topological polar surface area (TPSA) is 77.0 Å². The zero-order valence-electron chi connectivity index (χ0n) is 19.3. The number of furan rings is 1. The molecular weight excluding hydrogens is 450 g/mol. The summed E-state index contributed by atoms with van der Waals surface area (Å²) in [4.78, 5) is 33.9. The smallest absolute Gasteiger partial charge is 0.338 e. The molecule has 8 heteroatoms. The maximum atomic E-state index is 13.6. The van der Waals surface area contributed by atoms with Gasteiger partial charge in [0.25, 0.3) is 5.56 Å². The van der Waals surface area contributed by atoms with Gasteiger partial charge in [-0.1, -0.05) is 48.6 Å². The zero-order valence-corrected chi connectivity index (χ0v) is 20.1. The molecule has 0 unspecified atom stereocenters. The summed E-state index contributed by atoms with van der Waals surface area (Å²) < 4.78 is 13.3. The van der Waals surface area contributed by atoms with Gasteiger partial charge in [0.1, 0.15) is 5.76 Å². The van der Waals surface area contributed by atoms with Gasteiger partial charge >= 0.3 is 5.97 Å². The van der Waals surface area contributed by atoms with Gasteiger partial charge in [-0.15, -0.1) is 0 Å². The van der Waals surface area contributed by atoms with Crippen LogP contribution in [0.4, 0.5) is 5.88 Å². The van der Waals surface area contributed by atoms with Crippen LogP contribution in [0.5, 0.6) is 0 Å². The number of ether oxygens (including phenoxy) is 1. The van der Waals surface area contributed by atoms with Crippen molar-refractivity contribution in [2.45, 2.75) is 38.6 Å². The number of hydrogen-bond donors (Lipinski definition) is 0. The highest BCUT2D eigenvalue weighted by molar-refractivity contribution is 7.07. The van der Waals surface area contributed by atoms with Crippen LogP contribution < -0.4 is 19.8 Å². The van der Waals surface area contributed by atoms with Crippen LogP contribution >= 0.6 is 11.3 Å². The number of esters is 1. The van der Waals surface area contributed by atoms with Gasteiger partial charge in [0.05, 0.1) is 29.0 Å². The average Bonchev–Trinajstić information content (AvgIpc) is 3.48. The number of allylic oxidation sites excluding steroid dienone is 1. The lowest BCUT2D eigenvalue weighted by atomic mass is 9.95. The van der Waals surface area contributed by atoms with Gasteiger partial charge in [0.15, 0.2) is 10.7 Å². The summed E-state index contributed by atoms with van der Waals surface area (Å²) in [5.74, 6) is 0.994. The standard InChI is InChI=1S/C26H27N3O4S/c1-3-19-22(25(31)32-2)23(17-10-6-4-7-11-17)29-24(30)20(34-26(29)27-19)16-18-12-13-21(33-18)28-14-8-5-9-15-28/h4,6-7,10-13,16,23H,3,5,8-9,14-15H2,1-2H3/b20-16-/t23-/m0/s1. The van der Waals surface area contributed by atoms with Crippen LogP contribution in [0.25, 0.3) is 6.08 Å². The molecule has 0 spiro atoms. The molecule has 0 N–H and O–H groups in total. The molecule has 4 heterocycles. The van der Waals surface area contributed by atoms with Crippen LogP contribution in [-0.4, -0.2) is 30.7 Å². The van der Waals surface area contributed by atoms with E-state index in [2.05, 4.69) is 4.90 Å². The van der Waals surface area contributed by atoms with E-state index in [1.165, 1.54) is 24.9 Å². The second kappa shape index (κ2) is 9.46. The van der Waals surface area contributed by atoms with Gasteiger partial charge < -0.3 is 14.1 Å². The highest BCUT2D eigenvalue weighted by Gasteiger charge is 2.33. The van der Waals surface area contributed by atoms with Gasteiger partial charge in [0.2, 0.25) is 0 Å². The highest BCUT2D eigenvalue weighted by atomic mass is 32.1. The lowest BCUT2D eigenvalue weighted by Crippen LogP contribution is -2.40. The van der Waals surface area contributed by atoms with E-state index in [4.69, 9.17) is 14.1 Å². The first kappa shape index (κ1) is 22.4. The first-order valence-electron chi connectivity index (χ1n) is 11.6. The Labute approximate surface area is 201 Å².